The Bertz CT molecular complexity index is 827. The highest BCUT2D eigenvalue weighted by Gasteiger charge is 2.47. The van der Waals surface area contributed by atoms with Gasteiger partial charge in [-0.25, -0.2) is 18.4 Å². The van der Waals surface area contributed by atoms with E-state index in [0.29, 0.717) is 38.0 Å². The van der Waals surface area contributed by atoms with Gasteiger partial charge in [-0.3, -0.25) is 4.79 Å². The van der Waals surface area contributed by atoms with Crippen molar-refractivity contribution in [2.24, 2.45) is 5.92 Å². The minimum absolute atomic E-state index is 0.00279. The number of aromatic nitrogens is 3. The van der Waals surface area contributed by atoms with Gasteiger partial charge in [0.05, 0.1) is 16.5 Å². The summed E-state index contributed by atoms with van der Waals surface area (Å²) in [7, 11) is -3.00. The van der Waals surface area contributed by atoms with Gasteiger partial charge in [0, 0.05) is 32.1 Å². The number of pyridine rings is 1. The van der Waals surface area contributed by atoms with E-state index in [-0.39, 0.29) is 22.8 Å². The Hall–Kier alpha value is -1.96. The molecule has 2 saturated heterocycles. The van der Waals surface area contributed by atoms with Crippen molar-refractivity contribution in [3.8, 4) is 0 Å². The first-order chi connectivity index (χ1) is 11.0. The third-order valence-electron chi connectivity index (χ3n) is 4.85. The number of nitrogens with zero attached hydrogens (tertiary/aromatic N) is 3. The van der Waals surface area contributed by atoms with Gasteiger partial charge in [0.1, 0.15) is 5.82 Å². The highest BCUT2D eigenvalue weighted by Crippen LogP contribution is 2.33. The average molecular weight is 334 g/mol. The number of aryl methyl sites for hydroxylation is 1. The maximum atomic E-state index is 12.3. The van der Waals surface area contributed by atoms with Crippen molar-refractivity contribution < 1.29 is 13.2 Å². The van der Waals surface area contributed by atoms with E-state index in [9.17, 15) is 13.2 Å². The zero-order valence-electron chi connectivity index (χ0n) is 12.6. The smallest absolute Gasteiger partial charge is 0.223 e. The maximum Gasteiger partial charge on any atom is 0.223 e. The van der Waals surface area contributed by atoms with Crippen molar-refractivity contribution in [1.82, 2.24) is 19.9 Å². The van der Waals surface area contributed by atoms with E-state index in [0.717, 1.165) is 11.3 Å². The predicted molar refractivity (Wildman–Crippen MR) is 84.5 cm³/mol. The molecule has 122 valence electrons. The van der Waals surface area contributed by atoms with Gasteiger partial charge in [0.25, 0.3) is 0 Å². The van der Waals surface area contributed by atoms with Gasteiger partial charge >= 0.3 is 0 Å². The molecule has 2 fully saturated rings. The summed E-state index contributed by atoms with van der Waals surface area (Å²) in [5.41, 5.74) is 1.51. The van der Waals surface area contributed by atoms with Crippen LogP contribution in [0.3, 0.4) is 0 Å². The van der Waals surface area contributed by atoms with Crippen LogP contribution in [0.5, 0.6) is 0 Å². The van der Waals surface area contributed by atoms with Crippen LogP contribution in [0.15, 0.2) is 18.3 Å². The monoisotopic (exact) mass is 334 g/mol. The predicted octanol–water partition coefficient (Wildman–Crippen LogP) is 0.536. The molecular weight excluding hydrogens is 316 g/mol. The van der Waals surface area contributed by atoms with Crippen molar-refractivity contribution in [2.45, 2.75) is 24.5 Å². The Morgan fingerprint density at radius 3 is 3.04 bits per heavy atom. The molecule has 0 unspecified atom stereocenters. The molecule has 2 aliphatic heterocycles. The maximum absolute atomic E-state index is 12.3. The molecule has 2 aromatic heterocycles. The molecule has 1 N–H and O–H groups in total. The van der Waals surface area contributed by atoms with Gasteiger partial charge in [0.2, 0.25) is 5.91 Å². The summed E-state index contributed by atoms with van der Waals surface area (Å²) >= 11 is 0. The molecule has 2 aliphatic rings. The molecule has 0 aromatic carbocycles. The average Bonchev–Trinajstić information content (AvgIpc) is 3.20. The van der Waals surface area contributed by atoms with Crippen LogP contribution < -0.4 is 0 Å². The standard InChI is InChI=1S/C15H18N4O3S/c20-14(19-8-10-5-7-23(21,22)12(10)9-19)4-3-13-17-11-2-1-6-16-15(11)18-13/h1-2,6,10,12H,3-5,7-9H2,(H,16,17,18)/t10-,12+/m0/s1. The van der Waals surface area contributed by atoms with E-state index in [1.54, 1.807) is 11.1 Å². The summed E-state index contributed by atoms with van der Waals surface area (Å²) in [6, 6.07) is 3.73. The Morgan fingerprint density at radius 1 is 1.39 bits per heavy atom. The second-order valence-electron chi connectivity index (χ2n) is 6.31. The molecule has 8 heteroatoms. The van der Waals surface area contributed by atoms with Gasteiger partial charge < -0.3 is 9.88 Å². The van der Waals surface area contributed by atoms with E-state index in [4.69, 9.17) is 0 Å². The third kappa shape index (κ3) is 2.60. The fraction of sp³-hybridized carbons (Fsp3) is 0.533. The van der Waals surface area contributed by atoms with Crippen LogP contribution in [0.25, 0.3) is 11.2 Å². The molecule has 0 aliphatic carbocycles. The normalized spacial score (nSPS) is 25.8. The number of amides is 1. The number of nitrogens with one attached hydrogen (secondary N) is 1. The minimum Gasteiger partial charge on any atom is -0.341 e. The van der Waals surface area contributed by atoms with Gasteiger partial charge in [0.15, 0.2) is 15.5 Å². The molecule has 2 atom stereocenters. The topological polar surface area (TPSA) is 96.0 Å². The molecule has 4 heterocycles. The van der Waals surface area contributed by atoms with Gasteiger partial charge in [-0.2, -0.15) is 0 Å². The van der Waals surface area contributed by atoms with E-state index in [1.165, 1.54) is 0 Å². The van der Waals surface area contributed by atoms with Gasteiger partial charge in [-0.15, -0.1) is 0 Å². The highest BCUT2D eigenvalue weighted by molar-refractivity contribution is 7.92. The molecule has 7 nitrogen and oxygen atoms in total. The number of hydrogen-bond acceptors (Lipinski definition) is 5. The van der Waals surface area contributed by atoms with Crippen molar-refractivity contribution in [3.05, 3.63) is 24.2 Å². The Balaban J connectivity index is 1.39. The van der Waals surface area contributed by atoms with Crippen LogP contribution in [0.1, 0.15) is 18.7 Å². The summed E-state index contributed by atoms with van der Waals surface area (Å²) in [6.45, 7) is 0.929. The molecule has 23 heavy (non-hydrogen) atoms. The van der Waals surface area contributed by atoms with E-state index >= 15 is 0 Å². The van der Waals surface area contributed by atoms with Crippen LogP contribution in [0.2, 0.25) is 0 Å². The molecule has 0 spiro atoms. The summed E-state index contributed by atoms with van der Waals surface area (Å²) in [6.07, 6.45) is 3.21. The fourth-order valence-corrected chi connectivity index (χ4v) is 5.74. The highest BCUT2D eigenvalue weighted by atomic mass is 32.2. The van der Waals surface area contributed by atoms with E-state index in [2.05, 4.69) is 15.0 Å². The number of H-pyrrole nitrogens is 1. The summed E-state index contributed by atoms with van der Waals surface area (Å²) in [4.78, 5) is 25.7. The van der Waals surface area contributed by atoms with Crippen LogP contribution >= 0.6 is 0 Å². The number of imidazole rings is 1. The number of fused-ring (bicyclic) bond motifs is 2. The third-order valence-corrected chi connectivity index (χ3v) is 7.11. The van der Waals surface area contributed by atoms with Crippen LogP contribution in [-0.4, -0.2) is 58.3 Å². The van der Waals surface area contributed by atoms with E-state index < -0.39 is 9.84 Å². The Morgan fingerprint density at radius 2 is 2.26 bits per heavy atom. The zero-order chi connectivity index (χ0) is 16.0. The van der Waals surface area contributed by atoms with Crippen LogP contribution in [-0.2, 0) is 21.1 Å². The molecule has 0 radical (unpaired) electrons. The largest absolute Gasteiger partial charge is 0.341 e. The minimum atomic E-state index is -3.00. The fourth-order valence-electron chi connectivity index (χ4n) is 3.59. The lowest BCUT2D eigenvalue weighted by Crippen LogP contribution is -2.32. The molecule has 0 saturated carbocycles. The van der Waals surface area contributed by atoms with Crippen molar-refractivity contribution in [3.63, 3.8) is 0 Å². The Labute approximate surface area is 134 Å². The quantitative estimate of drug-likeness (QED) is 0.883. The number of carbonyl (C=O) groups excluding carboxylic acids is 1. The first-order valence-electron chi connectivity index (χ1n) is 7.82. The zero-order valence-corrected chi connectivity index (χ0v) is 13.4. The number of aromatic amines is 1. The molecule has 0 bridgehead atoms. The van der Waals surface area contributed by atoms with Crippen molar-refractivity contribution >= 4 is 26.9 Å². The lowest BCUT2D eigenvalue weighted by Gasteiger charge is -2.16. The first-order valence-corrected chi connectivity index (χ1v) is 9.53. The number of carbonyl (C=O) groups is 1. The van der Waals surface area contributed by atoms with Crippen molar-refractivity contribution in [2.75, 3.05) is 18.8 Å². The molecule has 1 amide bonds. The number of rotatable bonds is 3. The van der Waals surface area contributed by atoms with Crippen LogP contribution in [0.4, 0.5) is 0 Å². The van der Waals surface area contributed by atoms with Gasteiger partial charge in [-0.05, 0) is 24.5 Å². The first kappa shape index (κ1) is 14.6. The van der Waals surface area contributed by atoms with E-state index in [1.807, 2.05) is 12.1 Å². The van der Waals surface area contributed by atoms with Crippen LogP contribution in [0, 0.1) is 5.92 Å². The second-order valence-corrected chi connectivity index (χ2v) is 8.65. The molecule has 4 rings (SSSR count). The second kappa shape index (κ2) is 5.30. The van der Waals surface area contributed by atoms with Crippen molar-refractivity contribution in [1.29, 1.82) is 0 Å². The molecule has 2 aromatic rings. The number of hydrogen-bond donors (Lipinski definition) is 1. The van der Waals surface area contributed by atoms with Gasteiger partial charge in [-0.1, -0.05) is 0 Å². The lowest BCUT2D eigenvalue weighted by atomic mass is 10.1. The molecular formula is C15H18N4O3S. The Kier molecular flexibility index (Phi) is 3.37. The lowest BCUT2D eigenvalue weighted by molar-refractivity contribution is -0.130. The summed E-state index contributed by atoms with van der Waals surface area (Å²) in [5, 5.41) is -0.346. The SMILES string of the molecule is O=C(CCc1nc2ncccc2[nH]1)N1C[C@@H]2CCS(=O)(=O)[C@@H]2C1. The summed E-state index contributed by atoms with van der Waals surface area (Å²) < 4.78 is 23.9. The number of sulfone groups is 1. The number of likely N-dealkylation sites (tertiary alicyclic amines) is 1. The summed E-state index contributed by atoms with van der Waals surface area (Å²) in [5.74, 6) is 1.14.